The number of hydrogen-bond donors (Lipinski definition) is 3. The summed E-state index contributed by atoms with van der Waals surface area (Å²) >= 11 is 0. The Morgan fingerprint density at radius 1 is 1.19 bits per heavy atom. The highest BCUT2D eigenvalue weighted by Gasteiger charge is 2.62. The van der Waals surface area contributed by atoms with E-state index in [0.717, 1.165) is 6.07 Å². The molecule has 1 fully saturated rings. The van der Waals surface area contributed by atoms with Gasteiger partial charge in [-0.1, -0.05) is 12.1 Å². The Balaban J connectivity index is 1.25. The summed E-state index contributed by atoms with van der Waals surface area (Å²) in [7, 11) is 0. The minimum Gasteiger partial charge on any atom is -0.490 e. The molecule has 0 saturated heterocycles. The van der Waals surface area contributed by atoms with Crippen molar-refractivity contribution in [3.63, 3.8) is 0 Å². The van der Waals surface area contributed by atoms with Crippen molar-refractivity contribution in [3.8, 4) is 17.0 Å². The molecule has 1 aliphatic carbocycles. The van der Waals surface area contributed by atoms with Gasteiger partial charge in [-0.15, -0.1) is 0 Å². The van der Waals surface area contributed by atoms with Crippen molar-refractivity contribution in [3.05, 3.63) is 70.2 Å². The monoisotopic (exact) mass is 595 g/mol. The second-order valence-corrected chi connectivity index (χ2v) is 11.4. The van der Waals surface area contributed by atoms with Gasteiger partial charge < -0.3 is 15.8 Å². The zero-order valence-electron chi connectivity index (χ0n) is 23.5. The van der Waals surface area contributed by atoms with E-state index < -0.39 is 40.6 Å². The first-order valence-corrected chi connectivity index (χ1v) is 13.7. The van der Waals surface area contributed by atoms with Gasteiger partial charge in [-0.2, -0.15) is 5.10 Å². The maximum absolute atomic E-state index is 15.1. The maximum Gasteiger partial charge on any atom is 0.272 e. The van der Waals surface area contributed by atoms with Crippen molar-refractivity contribution in [1.82, 2.24) is 25.5 Å². The van der Waals surface area contributed by atoms with Gasteiger partial charge in [0, 0.05) is 52.6 Å². The Bertz CT molecular complexity index is 1740. The van der Waals surface area contributed by atoms with E-state index in [4.69, 9.17) is 15.1 Å². The number of hydrogen-bond acceptors (Lipinski definition) is 8. The zero-order chi connectivity index (χ0) is 30.6. The smallest absolute Gasteiger partial charge is 0.272 e. The molecule has 1 aromatic carbocycles. The molecule has 4 atom stereocenters. The highest BCUT2D eigenvalue weighted by atomic mass is 19.1. The van der Waals surface area contributed by atoms with Crippen molar-refractivity contribution >= 4 is 17.5 Å². The first-order chi connectivity index (χ1) is 20.5. The van der Waals surface area contributed by atoms with Gasteiger partial charge in [0.05, 0.1) is 24.2 Å². The van der Waals surface area contributed by atoms with Gasteiger partial charge in [0.2, 0.25) is 5.91 Å². The first-order valence-electron chi connectivity index (χ1n) is 13.7. The second-order valence-electron chi connectivity index (χ2n) is 11.4. The standard InChI is InChI=1S/C29H28F3N7O4/c1-12(24-26(28(33)41)39-43-38-24)4-15-9-29(15)11-42-27-18(5-16(30)6-21(27)32)19(29)8-22(40)35-17-7-20(31)25(34-10-17)23-13(2)36-37-14(23)3/h5-7,10,12,15,19H,4,8-9,11H2,1-3H3,(H2,33,41)(H,35,40)(H,36,37). The van der Waals surface area contributed by atoms with E-state index in [1.54, 1.807) is 13.8 Å². The molecule has 0 radical (unpaired) electrons. The molecular weight excluding hydrogens is 567 g/mol. The molecule has 224 valence electrons. The number of fused-ring (bicyclic) bond motifs is 1. The average Bonchev–Trinajstić information content (AvgIpc) is 3.24. The van der Waals surface area contributed by atoms with E-state index in [-0.39, 0.29) is 53.3 Å². The van der Waals surface area contributed by atoms with Crippen molar-refractivity contribution in [2.45, 2.75) is 51.9 Å². The topological polar surface area (TPSA) is 162 Å². The molecule has 4 aromatic rings. The summed E-state index contributed by atoms with van der Waals surface area (Å²) in [6, 6.07) is 3.10. The number of amides is 2. The summed E-state index contributed by atoms with van der Waals surface area (Å²) in [6.07, 6.45) is 2.30. The van der Waals surface area contributed by atoms with Gasteiger partial charge in [-0.05, 0) is 43.8 Å². The molecule has 1 saturated carbocycles. The second kappa shape index (κ2) is 10.5. The molecule has 4 heterocycles. The van der Waals surface area contributed by atoms with Crippen LogP contribution >= 0.6 is 0 Å². The molecule has 2 amide bonds. The molecular formula is C29H28F3N7O4. The van der Waals surface area contributed by atoms with Crippen LogP contribution in [-0.4, -0.2) is 43.9 Å². The summed E-state index contributed by atoms with van der Waals surface area (Å²) in [5.41, 5.74) is 7.29. The molecule has 2 aliphatic rings. The van der Waals surface area contributed by atoms with Crippen molar-refractivity contribution in [2.75, 3.05) is 11.9 Å². The molecule has 14 heteroatoms. The number of pyridine rings is 1. The predicted octanol–water partition coefficient (Wildman–Crippen LogP) is 4.69. The summed E-state index contributed by atoms with van der Waals surface area (Å²) in [4.78, 5) is 29.3. The number of aromatic amines is 1. The van der Waals surface area contributed by atoms with Gasteiger partial charge in [-0.25, -0.2) is 17.8 Å². The van der Waals surface area contributed by atoms with Crippen LogP contribution in [0.3, 0.4) is 0 Å². The molecule has 4 unspecified atom stereocenters. The van der Waals surface area contributed by atoms with Crippen LogP contribution in [0.2, 0.25) is 0 Å². The molecule has 11 nitrogen and oxygen atoms in total. The van der Waals surface area contributed by atoms with Crippen LogP contribution in [0.5, 0.6) is 5.75 Å². The summed E-state index contributed by atoms with van der Waals surface area (Å²) < 4.78 is 54.8. The Labute approximate surface area is 243 Å². The quantitative estimate of drug-likeness (QED) is 0.264. The van der Waals surface area contributed by atoms with Gasteiger partial charge in [0.25, 0.3) is 5.91 Å². The maximum atomic E-state index is 15.1. The van der Waals surface area contributed by atoms with E-state index in [2.05, 4.69) is 30.8 Å². The Hall–Kier alpha value is -4.75. The van der Waals surface area contributed by atoms with Crippen LogP contribution in [-0.2, 0) is 4.79 Å². The number of carbonyl (C=O) groups is 2. The number of halogens is 3. The number of nitrogens with two attached hydrogens (primary N) is 1. The highest BCUT2D eigenvalue weighted by molar-refractivity contribution is 5.92. The van der Waals surface area contributed by atoms with Crippen LogP contribution in [0, 0.1) is 42.6 Å². The summed E-state index contributed by atoms with van der Waals surface area (Å²) in [6.45, 7) is 5.43. The van der Waals surface area contributed by atoms with Crippen molar-refractivity contribution in [1.29, 1.82) is 0 Å². The van der Waals surface area contributed by atoms with Gasteiger partial charge in [-0.3, -0.25) is 19.7 Å². The number of benzene rings is 1. The third-order valence-electron chi connectivity index (χ3n) is 8.60. The summed E-state index contributed by atoms with van der Waals surface area (Å²) in [5, 5.41) is 17.0. The van der Waals surface area contributed by atoms with Crippen LogP contribution in [0.25, 0.3) is 11.3 Å². The lowest BCUT2D eigenvalue weighted by Gasteiger charge is -2.35. The van der Waals surface area contributed by atoms with E-state index in [9.17, 15) is 18.4 Å². The molecule has 3 aromatic heterocycles. The first kappa shape index (κ1) is 28.4. The number of aromatic nitrogens is 5. The molecule has 43 heavy (non-hydrogen) atoms. The fourth-order valence-corrected chi connectivity index (χ4v) is 6.46. The van der Waals surface area contributed by atoms with Crippen LogP contribution in [0.1, 0.15) is 71.2 Å². The normalized spacial score (nSPS) is 21.3. The number of nitrogens with zero attached hydrogens (tertiary/aromatic N) is 4. The minimum absolute atomic E-state index is 0.0444. The number of carbonyl (C=O) groups excluding carboxylic acids is 2. The van der Waals surface area contributed by atoms with Crippen LogP contribution in [0.15, 0.2) is 29.0 Å². The van der Waals surface area contributed by atoms with Gasteiger partial charge >= 0.3 is 0 Å². The fraction of sp³-hybridized carbons (Fsp3) is 0.379. The van der Waals surface area contributed by atoms with Crippen molar-refractivity contribution < 1.29 is 32.1 Å². The van der Waals surface area contributed by atoms with Crippen LogP contribution in [0.4, 0.5) is 18.9 Å². The van der Waals surface area contributed by atoms with Gasteiger partial charge in [0.1, 0.15) is 17.2 Å². The number of ether oxygens (including phenoxy) is 1. The Morgan fingerprint density at radius 2 is 1.98 bits per heavy atom. The Morgan fingerprint density at radius 3 is 2.67 bits per heavy atom. The average molecular weight is 596 g/mol. The summed E-state index contributed by atoms with van der Waals surface area (Å²) in [5.74, 6) is -4.57. The number of rotatable bonds is 8. The van der Waals surface area contributed by atoms with E-state index in [1.165, 1.54) is 18.3 Å². The lowest BCUT2D eigenvalue weighted by atomic mass is 9.76. The number of anilines is 1. The third kappa shape index (κ3) is 5.00. The molecule has 1 aliphatic heterocycles. The largest absolute Gasteiger partial charge is 0.490 e. The van der Waals surface area contributed by atoms with Crippen LogP contribution < -0.4 is 15.8 Å². The number of H-pyrrole nitrogens is 1. The van der Waals surface area contributed by atoms with E-state index >= 15 is 4.39 Å². The van der Waals surface area contributed by atoms with E-state index in [1.807, 2.05) is 6.92 Å². The molecule has 6 rings (SSSR count). The fourth-order valence-electron chi connectivity index (χ4n) is 6.46. The SMILES string of the molecule is Cc1n[nH]c(C)c1-c1ncc(NC(=O)CC2c3cc(F)cc(F)c3OCC23CC3CC(C)c2nonc2C(N)=O)cc1F. The van der Waals surface area contributed by atoms with E-state index in [0.29, 0.717) is 35.5 Å². The Kier molecular flexibility index (Phi) is 6.93. The third-order valence-corrected chi connectivity index (χ3v) is 8.60. The lowest BCUT2D eigenvalue weighted by Crippen LogP contribution is -2.33. The number of aryl methyl sites for hydroxylation is 2. The van der Waals surface area contributed by atoms with Gasteiger partial charge in [0.15, 0.2) is 23.1 Å². The predicted molar refractivity (Wildman–Crippen MR) is 145 cm³/mol. The number of primary amides is 1. The minimum atomic E-state index is -0.854. The molecule has 4 N–H and O–H groups in total. The highest BCUT2D eigenvalue weighted by Crippen LogP contribution is 2.67. The van der Waals surface area contributed by atoms with Crippen molar-refractivity contribution in [2.24, 2.45) is 17.1 Å². The lowest BCUT2D eigenvalue weighted by molar-refractivity contribution is -0.117. The molecule has 0 bridgehead atoms. The molecule has 1 spiro atoms. The zero-order valence-corrected chi connectivity index (χ0v) is 23.5. The number of nitrogens with one attached hydrogen (secondary N) is 2.